The number of rotatable bonds is 12. The molecule has 1 heteroatoms. The molecule has 0 aliphatic carbocycles. The molecular formula is C25H32O. The van der Waals surface area contributed by atoms with Gasteiger partial charge in [0.2, 0.25) is 0 Å². The molecule has 0 aromatic heterocycles. The Morgan fingerprint density at radius 1 is 0.769 bits per heavy atom. The second-order valence-corrected chi connectivity index (χ2v) is 6.99. The summed E-state index contributed by atoms with van der Waals surface area (Å²) in [5.74, 6) is 0.0625. The molecule has 2 rings (SSSR count). The fraction of sp³-hybridized carbons (Fsp3) is 0.400. The van der Waals surface area contributed by atoms with Gasteiger partial charge in [-0.15, -0.1) is 0 Å². The first kappa shape index (κ1) is 20.2. The Labute approximate surface area is 159 Å². The van der Waals surface area contributed by atoms with E-state index in [4.69, 9.17) is 0 Å². The fourth-order valence-corrected chi connectivity index (χ4v) is 3.24. The lowest BCUT2D eigenvalue weighted by Crippen LogP contribution is -1.94. The van der Waals surface area contributed by atoms with E-state index >= 15 is 0 Å². The van der Waals surface area contributed by atoms with E-state index in [2.05, 4.69) is 25.1 Å². The zero-order valence-electron chi connectivity index (χ0n) is 16.1. The summed E-state index contributed by atoms with van der Waals surface area (Å²) < 4.78 is 0. The van der Waals surface area contributed by atoms with E-state index in [1.807, 2.05) is 42.5 Å². The van der Waals surface area contributed by atoms with Crippen molar-refractivity contribution in [2.75, 3.05) is 0 Å². The lowest BCUT2D eigenvalue weighted by atomic mass is 9.99. The van der Waals surface area contributed by atoms with Crippen LogP contribution in [0.3, 0.4) is 0 Å². The van der Waals surface area contributed by atoms with Crippen LogP contribution in [0.15, 0.2) is 60.7 Å². The molecule has 138 valence electrons. The molecular weight excluding hydrogens is 316 g/mol. The molecule has 0 aliphatic heterocycles. The van der Waals surface area contributed by atoms with Crippen molar-refractivity contribution in [1.29, 1.82) is 0 Å². The van der Waals surface area contributed by atoms with E-state index in [1.165, 1.54) is 62.5 Å². The summed E-state index contributed by atoms with van der Waals surface area (Å²) in [6, 6.07) is 17.9. The molecule has 0 amide bonds. The highest BCUT2D eigenvalue weighted by Crippen LogP contribution is 2.16. The first-order valence-electron chi connectivity index (χ1n) is 10.2. The van der Waals surface area contributed by atoms with Gasteiger partial charge in [-0.3, -0.25) is 4.79 Å². The van der Waals surface area contributed by atoms with Gasteiger partial charge in [-0.25, -0.2) is 0 Å². The van der Waals surface area contributed by atoms with Crippen LogP contribution in [0.4, 0.5) is 0 Å². The maximum Gasteiger partial charge on any atom is 0.185 e. The Kier molecular flexibility index (Phi) is 9.50. The van der Waals surface area contributed by atoms with Gasteiger partial charge in [-0.1, -0.05) is 113 Å². The van der Waals surface area contributed by atoms with E-state index < -0.39 is 0 Å². The maximum absolute atomic E-state index is 12.2. The molecule has 0 unspecified atom stereocenters. The standard InChI is InChI=1S/C25H32O/c1-2-3-4-5-6-7-8-10-15-22-16-13-14-17-23(22)20-21-25(26)24-18-11-9-12-19-24/h9,11-14,16-21H,2-8,10,15H2,1H3. The minimum Gasteiger partial charge on any atom is -0.289 e. The number of hydrogen-bond acceptors (Lipinski definition) is 1. The van der Waals surface area contributed by atoms with Crippen molar-refractivity contribution < 1.29 is 4.79 Å². The molecule has 0 spiro atoms. The molecule has 1 nitrogen and oxygen atoms in total. The average molecular weight is 349 g/mol. The SMILES string of the molecule is CCCCCCCCCCc1ccccc1C=CC(=O)c1ccccc1. The Hall–Kier alpha value is -2.15. The summed E-state index contributed by atoms with van der Waals surface area (Å²) in [5.41, 5.74) is 3.25. The number of unbranched alkanes of at least 4 members (excludes halogenated alkanes) is 7. The van der Waals surface area contributed by atoms with Gasteiger partial charge >= 0.3 is 0 Å². The van der Waals surface area contributed by atoms with Crippen LogP contribution in [0.1, 0.15) is 79.8 Å². The third kappa shape index (κ3) is 7.39. The molecule has 2 aromatic carbocycles. The monoisotopic (exact) mass is 348 g/mol. The van der Waals surface area contributed by atoms with Crippen LogP contribution in [-0.2, 0) is 6.42 Å². The van der Waals surface area contributed by atoms with Crippen molar-refractivity contribution in [2.24, 2.45) is 0 Å². The smallest absolute Gasteiger partial charge is 0.185 e. The molecule has 0 aliphatic rings. The van der Waals surface area contributed by atoms with E-state index in [0.29, 0.717) is 0 Å². The third-order valence-corrected chi connectivity index (χ3v) is 4.83. The summed E-state index contributed by atoms with van der Waals surface area (Å²) in [6.45, 7) is 2.26. The number of carbonyl (C=O) groups is 1. The van der Waals surface area contributed by atoms with Crippen LogP contribution in [0, 0.1) is 0 Å². The highest BCUT2D eigenvalue weighted by molar-refractivity contribution is 6.06. The molecule has 0 fully saturated rings. The van der Waals surface area contributed by atoms with E-state index in [0.717, 1.165) is 12.0 Å². The van der Waals surface area contributed by atoms with Crippen molar-refractivity contribution in [3.05, 3.63) is 77.4 Å². The van der Waals surface area contributed by atoms with Crippen molar-refractivity contribution in [3.63, 3.8) is 0 Å². The van der Waals surface area contributed by atoms with Crippen LogP contribution >= 0.6 is 0 Å². The van der Waals surface area contributed by atoms with Gasteiger partial charge in [0.05, 0.1) is 0 Å². The first-order valence-corrected chi connectivity index (χ1v) is 10.2. The Bertz CT molecular complexity index is 670. The Balaban J connectivity index is 1.80. The Morgan fingerprint density at radius 2 is 1.38 bits per heavy atom. The number of carbonyl (C=O) groups excluding carboxylic acids is 1. The largest absolute Gasteiger partial charge is 0.289 e. The highest BCUT2D eigenvalue weighted by Gasteiger charge is 2.02. The summed E-state index contributed by atoms with van der Waals surface area (Å²) in [7, 11) is 0. The van der Waals surface area contributed by atoms with Gasteiger partial charge in [0.25, 0.3) is 0 Å². The van der Waals surface area contributed by atoms with Gasteiger partial charge in [-0.2, -0.15) is 0 Å². The van der Waals surface area contributed by atoms with Gasteiger partial charge in [0, 0.05) is 5.56 Å². The number of hydrogen-bond donors (Lipinski definition) is 0. The van der Waals surface area contributed by atoms with Crippen molar-refractivity contribution >= 4 is 11.9 Å². The average Bonchev–Trinajstić information content (AvgIpc) is 2.69. The lowest BCUT2D eigenvalue weighted by Gasteiger charge is -2.06. The van der Waals surface area contributed by atoms with Crippen LogP contribution in [0.5, 0.6) is 0 Å². The van der Waals surface area contributed by atoms with Crippen LogP contribution < -0.4 is 0 Å². The molecule has 0 bridgehead atoms. The highest BCUT2D eigenvalue weighted by atomic mass is 16.1. The topological polar surface area (TPSA) is 17.1 Å². The Morgan fingerprint density at radius 3 is 2.12 bits per heavy atom. The predicted molar refractivity (Wildman–Crippen MR) is 113 cm³/mol. The summed E-state index contributed by atoms with van der Waals surface area (Å²) in [4.78, 5) is 12.2. The predicted octanol–water partition coefficient (Wildman–Crippen LogP) is 7.27. The zero-order chi connectivity index (χ0) is 18.5. The fourth-order valence-electron chi connectivity index (χ4n) is 3.24. The number of aryl methyl sites for hydroxylation is 1. The number of benzene rings is 2. The number of ketones is 1. The summed E-state index contributed by atoms with van der Waals surface area (Å²) >= 11 is 0. The van der Waals surface area contributed by atoms with Crippen molar-refractivity contribution in [1.82, 2.24) is 0 Å². The minimum atomic E-state index is 0.0625. The van der Waals surface area contributed by atoms with Crippen LogP contribution in [0.25, 0.3) is 6.08 Å². The van der Waals surface area contributed by atoms with Gasteiger partial charge in [0.1, 0.15) is 0 Å². The summed E-state index contributed by atoms with van der Waals surface area (Å²) in [6.07, 6.45) is 15.5. The van der Waals surface area contributed by atoms with Crippen LogP contribution in [0.2, 0.25) is 0 Å². The van der Waals surface area contributed by atoms with Gasteiger partial charge in [-0.05, 0) is 30.0 Å². The van der Waals surface area contributed by atoms with E-state index in [-0.39, 0.29) is 5.78 Å². The molecule has 0 saturated heterocycles. The molecule has 0 radical (unpaired) electrons. The van der Waals surface area contributed by atoms with Crippen molar-refractivity contribution in [3.8, 4) is 0 Å². The van der Waals surface area contributed by atoms with Gasteiger partial charge in [0.15, 0.2) is 5.78 Å². The second-order valence-electron chi connectivity index (χ2n) is 6.99. The molecule has 2 aromatic rings. The van der Waals surface area contributed by atoms with Crippen molar-refractivity contribution in [2.45, 2.75) is 64.7 Å². The molecule has 0 saturated carbocycles. The number of allylic oxidation sites excluding steroid dienone is 1. The zero-order valence-corrected chi connectivity index (χ0v) is 16.1. The van der Waals surface area contributed by atoms with E-state index in [1.54, 1.807) is 6.08 Å². The van der Waals surface area contributed by atoms with Crippen LogP contribution in [-0.4, -0.2) is 5.78 Å². The molecule has 0 heterocycles. The molecule has 0 atom stereocenters. The minimum absolute atomic E-state index is 0.0625. The third-order valence-electron chi connectivity index (χ3n) is 4.83. The molecule has 26 heavy (non-hydrogen) atoms. The molecule has 0 N–H and O–H groups in total. The second kappa shape index (κ2) is 12.2. The first-order chi connectivity index (χ1) is 12.8. The maximum atomic E-state index is 12.2. The summed E-state index contributed by atoms with van der Waals surface area (Å²) in [5, 5.41) is 0. The van der Waals surface area contributed by atoms with Gasteiger partial charge < -0.3 is 0 Å². The van der Waals surface area contributed by atoms with E-state index in [9.17, 15) is 4.79 Å². The normalized spacial score (nSPS) is 11.1. The quantitative estimate of drug-likeness (QED) is 0.224. The lowest BCUT2D eigenvalue weighted by molar-refractivity contribution is 0.104.